The summed E-state index contributed by atoms with van der Waals surface area (Å²) in [6.07, 6.45) is 0. The van der Waals surface area contributed by atoms with Crippen molar-refractivity contribution in [1.82, 2.24) is 0 Å². The Bertz CT molecular complexity index is 399. The fourth-order valence-corrected chi connectivity index (χ4v) is 1.25. The number of rotatable bonds is 1. The molecule has 0 spiro atoms. The van der Waals surface area contributed by atoms with E-state index in [1.54, 1.807) is 0 Å². The van der Waals surface area contributed by atoms with Gasteiger partial charge in [0.15, 0.2) is 0 Å². The van der Waals surface area contributed by atoms with Gasteiger partial charge in [0.25, 0.3) is 0 Å². The molecule has 0 radical (unpaired) electrons. The Hall–Kier alpha value is -1.17. The Balaban J connectivity index is 3.43. The molecule has 0 unspecified atom stereocenters. The molecule has 0 bridgehead atoms. The van der Waals surface area contributed by atoms with Crippen molar-refractivity contribution in [2.45, 2.75) is 4.90 Å². The highest BCUT2D eigenvalue weighted by atomic mass is 32.3. The third kappa shape index (κ3) is 1.70. The van der Waals surface area contributed by atoms with Crippen LogP contribution in [0.1, 0.15) is 0 Å². The zero-order chi connectivity index (χ0) is 9.35. The van der Waals surface area contributed by atoms with Gasteiger partial charge in [0, 0.05) is 0 Å². The van der Waals surface area contributed by atoms with Crippen LogP contribution in [0.2, 0.25) is 0 Å². The van der Waals surface area contributed by atoms with E-state index in [0.29, 0.717) is 6.07 Å². The lowest BCUT2D eigenvalue weighted by Crippen LogP contribution is -1.93. The van der Waals surface area contributed by atoms with Gasteiger partial charge in [-0.3, -0.25) is 0 Å². The van der Waals surface area contributed by atoms with Gasteiger partial charge in [-0.1, -0.05) is 0 Å². The van der Waals surface area contributed by atoms with Gasteiger partial charge in [0.2, 0.25) is 0 Å². The molecule has 1 N–H and O–H groups in total. The van der Waals surface area contributed by atoms with Gasteiger partial charge in [-0.05, 0) is 18.2 Å². The van der Waals surface area contributed by atoms with Crippen LogP contribution in [0, 0.1) is 5.82 Å². The van der Waals surface area contributed by atoms with E-state index in [1.807, 2.05) is 0 Å². The molecule has 0 saturated carbocycles. The molecule has 0 aliphatic carbocycles. The van der Waals surface area contributed by atoms with Crippen LogP contribution in [-0.2, 0) is 10.2 Å². The fourth-order valence-electron chi connectivity index (χ4n) is 0.683. The second kappa shape index (κ2) is 2.71. The van der Waals surface area contributed by atoms with Crippen molar-refractivity contribution >= 4 is 10.2 Å². The lowest BCUT2D eigenvalue weighted by Gasteiger charge is -1.97. The van der Waals surface area contributed by atoms with E-state index in [2.05, 4.69) is 0 Å². The van der Waals surface area contributed by atoms with Gasteiger partial charge < -0.3 is 5.11 Å². The quantitative estimate of drug-likeness (QED) is 0.683. The number of hydrogen-bond donors (Lipinski definition) is 1. The summed E-state index contributed by atoms with van der Waals surface area (Å²) >= 11 is 0. The molecular formula is C6H4F2O3S. The van der Waals surface area contributed by atoms with Crippen LogP contribution < -0.4 is 0 Å². The SMILES string of the molecule is O=S(=O)(F)c1cc(F)ccc1O. The van der Waals surface area contributed by atoms with Gasteiger partial charge >= 0.3 is 10.2 Å². The van der Waals surface area contributed by atoms with Gasteiger partial charge in [-0.15, -0.1) is 3.89 Å². The van der Waals surface area contributed by atoms with E-state index < -0.39 is 26.7 Å². The minimum atomic E-state index is -5.05. The Morgan fingerprint density at radius 3 is 2.33 bits per heavy atom. The van der Waals surface area contributed by atoms with E-state index in [0.717, 1.165) is 12.1 Å². The normalized spacial score (nSPS) is 11.5. The summed E-state index contributed by atoms with van der Waals surface area (Å²) in [5.41, 5.74) is 0. The van der Waals surface area contributed by atoms with Crippen molar-refractivity contribution in [3.05, 3.63) is 24.0 Å². The molecule has 66 valence electrons. The molecule has 1 aromatic rings. The fraction of sp³-hybridized carbons (Fsp3) is 0. The van der Waals surface area contributed by atoms with Crippen LogP contribution >= 0.6 is 0 Å². The van der Waals surface area contributed by atoms with Crippen LogP contribution in [0.25, 0.3) is 0 Å². The van der Waals surface area contributed by atoms with Crippen LogP contribution in [0.15, 0.2) is 23.1 Å². The van der Waals surface area contributed by atoms with Crippen molar-refractivity contribution in [2.75, 3.05) is 0 Å². The molecular weight excluding hydrogens is 190 g/mol. The number of phenolic OH excluding ortho intramolecular Hbond substituents is 1. The molecule has 1 aromatic carbocycles. The number of benzene rings is 1. The van der Waals surface area contributed by atoms with Crippen LogP contribution in [0.4, 0.5) is 8.28 Å². The van der Waals surface area contributed by atoms with Crippen LogP contribution in [0.3, 0.4) is 0 Å². The Kier molecular flexibility index (Phi) is 2.01. The molecule has 6 heteroatoms. The zero-order valence-corrected chi connectivity index (χ0v) is 6.48. The minimum Gasteiger partial charge on any atom is -0.506 e. The summed E-state index contributed by atoms with van der Waals surface area (Å²) in [6.45, 7) is 0. The molecule has 12 heavy (non-hydrogen) atoms. The summed E-state index contributed by atoms with van der Waals surface area (Å²) in [5.74, 6) is -1.73. The molecule has 0 atom stereocenters. The molecule has 0 aromatic heterocycles. The van der Waals surface area contributed by atoms with Crippen LogP contribution in [-0.4, -0.2) is 13.5 Å². The van der Waals surface area contributed by atoms with Crippen molar-refractivity contribution in [2.24, 2.45) is 0 Å². The molecule has 1 rings (SSSR count). The average Bonchev–Trinajstić information content (AvgIpc) is 1.92. The number of phenols is 1. The van der Waals surface area contributed by atoms with E-state index in [4.69, 9.17) is 5.11 Å². The number of aromatic hydroxyl groups is 1. The van der Waals surface area contributed by atoms with Gasteiger partial charge in [-0.2, -0.15) is 8.42 Å². The average molecular weight is 194 g/mol. The predicted molar refractivity (Wildman–Crippen MR) is 36.4 cm³/mol. The zero-order valence-electron chi connectivity index (χ0n) is 5.66. The molecule has 0 aliphatic rings. The Labute approximate surface area is 67.5 Å². The molecule has 0 amide bonds. The van der Waals surface area contributed by atoms with E-state index in [9.17, 15) is 16.7 Å². The van der Waals surface area contributed by atoms with Crippen molar-refractivity contribution in [3.8, 4) is 5.75 Å². The smallest absolute Gasteiger partial charge is 0.335 e. The predicted octanol–water partition coefficient (Wildman–Crippen LogP) is 1.19. The largest absolute Gasteiger partial charge is 0.506 e. The first kappa shape index (κ1) is 8.92. The molecule has 0 saturated heterocycles. The highest BCUT2D eigenvalue weighted by Crippen LogP contribution is 2.24. The monoisotopic (exact) mass is 194 g/mol. The lowest BCUT2D eigenvalue weighted by atomic mass is 10.3. The van der Waals surface area contributed by atoms with Crippen molar-refractivity contribution in [1.29, 1.82) is 0 Å². The topological polar surface area (TPSA) is 54.4 Å². The van der Waals surface area contributed by atoms with E-state index in [-0.39, 0.29) is 0 Å². The van der Waals surface area contributed by atoms with Gasteiger partial charge in [0.05, 0.1) is 0 Å². The maximum atomic E-state index is 12.3. The first-order valence-corrected chi connectivity index (χ1v) is 4.23. The highest BCUT2D eigenvalue weighted by molar-refractivity contribution is 7.86. The third-order valence-electron chi connectivity index (χ3n) is 1.18. The van der Waals surface area contributed by atoms with Gasteiger partial charge in [0.1, 0.15) is 16.5 Å². The number of halogens is 2. The Morgan fingerprint density at radius 1 is 1.33 bits per heavy atom. The molecule has 3 nitrogen and oxygen atoms in total. The first-order chi connectivity index (χ1) is 5.41. The van der Waals surface area contributed by atoms with Crippen molar-refractivity contribution < 1.29 is 21.8 Å². The van der Waals surface area contributed by atoms with Gasteiger partial charge in [-0.25, -0.2) is 4.39 Å². The molecule has 0 aliphatic heterocycles. The molecule has 0 fully saturated rings. The molecule has 0 heterocycles. The second-order valence-electron chi connectivity index (χ2n) is 2.05. The third-order valence-corrected chi connectivity index (χ3v) is 2.04. The Morgan fingerprint density at radius 2 is 1.92 bits per heavy atom. The summed E-state index contributed by atoms with van der Waals surface area (Å²) in [4.78, 5) is -1.05. The highest BCUT2D eigenvalue weighted by Gasteiger charge is 2.17. The maximum absolute atomic E-state index is 12.3. The number of hydrogen-bond acceptors (Lipinski definition) is 3. The lowest BCUT2D eigenvalue weighted by molar-refractivity contribution is 0.452. The summed E-state index contributed by atoms with van der Waals surface area (Å²) in [5, 5.41) is 8.78. The van der Waals surface area contributed by atoms with Crippen molar-refractivity contribution in [3.63, 3.8) is 0 Å². The summed E-state index contributed by atoms with van der Waals surface area (Å²) < 4.78 is 45.0. The first-order valence-electron chi connectivity index (χ1n) is 2.84. The second-order valence-corrected chi connectivity index (χ2v) is 3.37. The standard InChI is InChI=1S/C6H4F2O3S/c7-4-1-2-5(9)6(3-4)12(8,10)11/h1-3,9H. The minimum absolute atomic E-state index is 0.407. The maximum Gasteiger partial charge on any atom is 0.335 e. The summed E-state index contributed by atoms with van der Waals surface area (Å²) in [7, 11) is -5.05. The van der Waals surface area contributed by atoms with E-state index >= 15 is 0 Å². The van der Waals surface area contributed by atoms with E-state index in [1.165, 1.54) is 0 Å². The summed E-state index contributed by atoms with van der Waals surface area (Å²) in [6, 6.07) is 2.00. The van der Waals surface area contributed by atoms with Crippen LogP contribution in [0.5, 0.6) is 5.75 Å².